The van der Waals surface area contributed by atoms with E-state index in [0.29, 0.717) is 12.8 Å². The molecule has 2 aliphatic rings. The number of hydrogen-bond acceptors (Lipinski definition) is 13. The van der Waals surface area contributed by atoms with Gasteiger partial charge in [-0.1, -0.05) is 241 Å². The predicted octanol–water partition coefficient (Wildman–Crippen LogP) is 12.1. The summed E-state index contributed by atoms with van der Waals surface area (Å²) in [6, 6.07) is -0.936. The molecule has 0 aromatic heterocycles. The van der Waals surface area contributed by atoms with Gasteiger partial charge in [0, 0.05) is 6.42 Å². The molecular weight excluding hydrogens is 1010 g/mol. The van der Waals surface area contributed by atoms with Gasteiger partial charge >= 0.3 is 0 Å². The summed E-state index contributed by atoms with van der Waals surface area (Å²) < 4.78 is 22.7. The number of carbonyl (C=O) groups is 1. The van der Waals surface area contributed by atoms with Crippen LogP contribution in [0.2, 0.25) is 0 Å². The summed E-state index contributed by atoms with van der Waals surface area (Å²) in [4.78, 5) is 13.2. The molecule has 12 atom stereocenters. The Balaban J connectivity index is 1.54. The number of allylic oxidation sites excluding steroid dienone is 9. The molecule has 2 heterocycles. The van der Waals surface area contributed by atoms with Crippen LogP contribution in [0.1, 0.15) is 258 Å². The summed E-state index contributed by atoms with van der Waals surface area (Å²) in [6.45, 7) is 2.53. The predicted molar refractivity (Wildman–Crippen MR) is 323 cm³/mol. The quantitative estimate of drug-likeness (QED) is 0.0204. The summed E-state index contributed by atoms with van der Waals surface area (Å²) in [5.41, 5.74) is 0. The first kappa shape index (κ1) is 73.8. The fraction of sp³-hybridized carbons (Fsp3) is 0.833. The van der Waals surface area contributed by atoms with E-state index in [4.69, 9.17) is 18.9 Å². The Morgan fingerprint density at radius 2 is 0.887 bits per heavy atom. The fourth-order valence-electron chi connectivity index (χ4n) is 10.5. The number of ether oxygens (including phenoxy) is 4. The average molecular weight is 1130 g/mol. The second-order valence-corrected chi connectivity index (χ2v) is 22.9. The minimum Gasteiger partial charge on any atom is -0.394 e. The van der Waals surface area contributed by atoms with E-state index in [1.165, 1.54) is 180 Å². The molecule has 0 aromatic rings. The second kappa shape index (κ2) is 51.1. The second-order valence-electron chi connectivity index (χ2n) is 22.9. The Morgan fingerprint density at radius 1 is 0.475 bits per heavy atom. The van der Waals surface area contributed by atoms with Crippen molar-refractivity contribution in [3.8, 4) is 0 Å². The van der Waals surface area contributed by atoms with Crippen LogP contribution in [0, 0.1) is 0 Å². The highest BCUT2D eigenvalue weighted by molar-refractivity contribution is 5.76. The van der Waals surface area contributed by atoms with Crippen LogP contribution in [0.3, 0.4) is 0 Å². The van der Waals surface area contributed by atoms with E-state index in [0.717, 1.165) is 44.9 Å². The third-order valence-electron chi connectivity index (χ3n) is 15.7. The molecule has 0 radical (unpaired) electrons. The molecule has 14 heteroatoms. The number of unbranched alkanes of at least 4 members (excludes halogenated alkanes) is 32. The van der Waals surface area contributed by atoms with Crippen molar-refractivity contribution in [2.45, 2.75) is 331 Å². The monoisotopic (exact) mass is 1130 g/mol. The Hall–Kier alpha value is -2.31. The molecule has 2 saturated heterocycles. The molecule has 2 fully saturated rings. The maximum absolute atomic E-state index is 13.2. The highest BCUT2D eigenvalue weighted by Crippen LogP contribution is 2.30. The van der Waals surface area contributed by atoms with Crippen LogP contribution in [-0.4, -0.2) is 140 Å². The summed E-state index contributed by atoms with van der Waals surface area (Å²) >= 11 is 0. The van der Waals surface area contributed by atoms with Gasteiger partial charge in [-0.3, -0.25) is 4.79 Å². The Kier molecular flexibility index (Phi) is 47.2. The van der Waals surface area contributed by atoms with Gasteiger partial charge in [0.15, 0.2) is 12.6 Å². The van der Waals surface area contributed by atoms with Crippen LogP contribution < -0.4 is 5.32 Å². The van der Waals surface area contributed by atoms with E-state index in [1.54, 1.807) is 6.08 Å². The summed E-state index contributed by atoms with van der Waals surface area (Å²) in [5, 5.41) is 86.8. The van der Waals surface area contributed by atoms with E-state index in [9.17, 15) is 45.6 Å². The van der Waals surface area contributed by atoms with Gasteiger partial charge in [-0.15, -0.1) is 0 Å². The van der Waals surface area contributed by atoms with Crippen molar-refractivity contribution >= 4 is 5.91 Å². The summed E-state index contributed by atoms with van der Waals surface area (Å²) in [7, 11) is 0. The molecule has 12 unspecified atom stereocenters. The molecule has 0 aromatic carbocycles. The van der Waals surface area contributed by atoms with Gasteiger partial charge in [-0.2, -0.15) is 0 Å². The zero-order valence-electron chi connectivity index (χ0n) is 50.3. The van der Waals surface area contributed by atoms with E-state index in [-0.39, 0.29) is 18.9 Å². The summed E-state index contributed by atoms with van der Waals surface area (Å²) in [5.74, 6) is -0.254. The first-order chi connectivity index (χ1) is 39.1. The molecule has 9 N–H and O–H groups in total. The number of amides is 1. The Labute approximate surface area is 486 Å². The van der Waals surface area contributed by atoms with Gasteiger partial charge in [0.2, 0.25) is 5.91 Å². The minimum absolute atomic E-state index is 0.254. The lowest BCUT2D eigenvalue weighted by atomic mass is 9.97. The third kappa shape index (κ3) is 35.7. The fourth-order valence-corrected chi connectivity index (χ4v) is 10.5. The SMILES string of the molecule is C/C=C/CC/C=C/CC/C=C/C(O)C(COC1OC(CO)C(OC2OC(CO)C(O)C(O)C2O)C(O)C1O)NC(=O)CCCCCCCCCCCCCCCCCCCCCCCCCCC/C=C\C/C=C\CCCCCCC. The van der Waals surface area contributed by atoms with E-state index in [1.807, 2.05) is 19.1 Å². The van der Waals surface area contributed by atoms with Crippen LogP contribution in [-0.2, 0) is 23.7 Å². The van der Waals surface area contributed by atoms with Crippen molar-refractivity contribution in [3.63, 3.8) is 0 Å². The number of aliphatic hydroxyl groups excluding tert-OH is 8. The molecule has 0 aliphatic carbocycles. The van der Waals surface area contributed by atoms with E-state index >= 15 is 0 Å². The smallest absolute Gasteiger partial charge is 0.220 e. The largest absolute Gasteiger partial charge is 0.394 e. The first-order valence-electron chi connectivity index (χ1n) is 32.5. The van der Waals surface area contributed by atoms with Gasteiger partial charge < -0.3 is 65.1 Å². The van der Waals surface area contributed by atoms with Crippen LogP contribution >= 0.6 is 0 Å². The van der Waals surface area contributed by atoms with E-state index < -0.39 is 86.8 Å². The summed E-state index contributed by atoms with van der Waals surface area (Å²) in [6.07, 6.45) is 50.7. The lowest BCUT2D eigenvalue weighted by molar-refractivity contribution is -0.359. The number of aliphatic hydroxyl groups is 8. The van der Waals surface area contributed by atoms with Gasteiger partial charge in [0.1, 0.15) is 48.8 Å². The number of carbonyl (C=O) groups excluding carboxylic acids is 1. The Bertz CT molecular complexity index is 1570. The van der Waals surface area contributed by atoms with Gasteiger partial charge in [0.05, 0.1) is 32.0 Å². The number of nitrogens with one attached hydrogen (secondary N) is 1. The topological polar surface area (TPSA) is 228 Å². The first-order valence-corrected chi connectivity index (χ1v) is 32.5. The van der Waals surface area contributed by atoms with Crippen molar-refractivity contribution in [2.75, 3.05) is 19.8 Å². The normalized spacial score (nSPS) is 24.6. The van der Waals surface area contributed by atoms with Crippen LogP contribution in [0.5, 0.6) is 0 Å². The van der Waals surface area contributed by atoms with E-state index in [2.05, 4.69) is 54.8 Å². The van der Waals surface area contributed by atoms with Crippen LogP contribution in [0.25, 0.3) is 0 Å². The maximum Gasteiger partial charge on any atom is 0.220 e. The number of hydrogen-bond donors (Lipinski definition) is 9. The molecule has 14 nitrogen and oxygen atoms in total. The van der Waals surface area contributed by atoms with Crippen molar-refractivity contribution in [1.29, 1.82) is 0 Å². The molecule has 2 aliphatic heterocycles. The van der Waals surface area contributed by atoms with Gasteiger partial charge in [-0.25, -0.2) is 0 Å². The molecule has 466 valence electrons. The highest BCUT2D eigenvalue weighted by atomic mass is 16.7. The minimum atomic E-state index is -1.79. The van der Waals surface area contributed by atoms with Crippen molar-refractivity contribution in [3.05, 3.63) is 60.8 Å². The Morgan fingerprint density at radius 3 is 1.36 bits per heavy atom. The maximum atomic E-state index is 13.2. The highest BCUT2D eigenvalue weighted by Gasteiger charge is 2.51. The molecule has 2 rings (SSSR count). The van der Waals surface area contributed by atoms with Crippen LogP contribution in [0.4, 0.5) is 0 Å². The molecule has 0 spiro atoms. The van der Waals surface area contributed by atoms with Gasteiger partial charge in [0.25, 0.3) is 0 Å². The van der Waals surface area contributed by atoms with Crippen molar-refractivity contribution < 1.29 is 64.6 Å². The molecule has 1 amide bonds. The van der Waals surface area contributed by atoms with Crippen LogP contribution in [0.15, 0.2) is 60.8 Å². The zero-order valence-corrected chi connectivity index (χ0v) is 50.3. The van der Waals surface area contributed by atoms with Gasteiger partial charge in [-0.05, 0) is 71.1 Å². The standard InChI is InChI=1S/C66H119NO13/c1-3-5-7-9-11-13-14-15-16-17-18-19-20-21-22-23-24-25-26-27-28-29-30-31-32-33-34-35-36-37-38-39-40-42-44-46-48-50-58(71)67-54(55(70)49-47-45-43-41-12-10-8-6-4-2)53-77-65-63(76)61(74)64(57(52-69)79-65)80-66-62(75)60(73)59(72)56(51-68)78-66/h4,6,12,14-15,17-18,41,47,49,54-57,59-66,68-70,72-76H,3,5,7-11,13,16,19-40,42-46,48,50-53H2,1-2H3,(H,67,71)/b6-4+,15-14-,18-17-,41-12+,49-47+. The molecule has 80 heavy (non-hydrogen) atoms. The third-order valence-corrected chi connectivity index (χ3v) is 15.7. The number of rotatable bonds is 52. The molecular formula is C66H119NO13. The molecule has 0 bridgehead atoms. The zero-order chi connectivity index (χ0) is 58.1. The van der Waals surface area contributed by atoms with Crippen molar-refractivity contribution in [2.24, 2.45) is 0 Å². The average Bonchev–Trinajstić information content (AvgIpc) is 3.49. The molecule has 0 saturated carbocycles. The lowest BCUT2D eigenvalue weighted by Gasteiger charge is -2.46. The van der Waals surface area contributed by atoms with Crippen molar-refractivity contribution in [1.82, 2.24) is 5.32 Å². The lowest BCUT2D eigenvalue weighted by Crippen LogP contribution is -2.65.